The van der Waals surface area contributed by atoms with E-state index >= 15 is 0 Å². The van der Waals surface area contributed by atoms with Gasteiger partial charge in [0.2, 0.25) is 0 Å². The quantitative estimate of drug-likeness (QED) is 0.167. The fourth-order valence-electron chi connectivity index (χ4n) is 18.4. The highest BCUT2D eigenvalue weighted by Gasteiger charge is 2.43. The van der Waals surface area contributed by atoms with Gasteiger partial charge in [-0.3, -0.25) is 0 Å². The molecule has 16 aromatic carbocycles. The van der Waals surface area contributed by atoms with Gasteiger partial charge < -0.3 is 13.7 Å². The number of hydrogen-bond donors (Lipinski definition) is 0. The molecule has 0 spiro atoms. The Morgan fingerprint density at radius 1 is 0.273 bits per heavy atom. The fraction of sp³-hybridized carbons (Fsp3) is 0.0737. The van der Waals surface area contributed by atoms with Crippen molar-refractivity contribution in [1.29, 1.82) is 0 Å². The first-order chi connectivity index (χ1) is 48.6. The van der Waals surface area contributed by atoms with Crippen LogP contribution in [0.4, 0.5) is 0 Å². The van der Waals surface area contributed by atoms with Crippen LogP contribution >= 0.6 is 15.9 Å². The van der Waals surface area contributed by atoms with E-state index in [1.807, 2.05) is 6.07 Å². The van der Waals surface area contributed by atoms with Crippen molar-refractivity contribution < 1.29 is 0 Å². The highest BCUT2D eigenvalue weighted by atomic mass is 79.9. The van der Waals surface area contributed by atoms with E-state index in [1.54, 1.807) is 0 Å². The molecule has 0 unspecified atom stereocenters. The number of para-hydroxylation sites is 5. The first kappa shape index (κ1) is 57.7. The van der Waals surface area contributed by atoms with Crippen LogP contribution in [0.5, 0.6) is 0 Å². The van der Waals surface area contributed by atoms with Crippen LogP contribution in [0.25, 0.3) is 159 Å². The molecule has 0 atom stereocenters. The van der Waals surface area contributed by atoms with Crippen LogP contribution in [0.15, 0.2) is 320 Å². The van der Waals surface area contributed by atoms with Gasteiger partial charge in [-0.1, -0.05) is 280 Å². The number of nitrogens with zero attached hydrogens (tertiary/aromatic N) is 3. The zero-order valence-corrected chi connectivity index (χ0v) is 57.0. The van der Waals surface area contributed by atoms with Gasteiger partial charge in [-0.2, -0.15) is 0 Å². The molecule has 99 heavy (non-hydrogen) atoms. The van der Waals surface area contributed by atoms with Gasteiger partial charge in [-0.25, -0.2) is 0 Å². The van der Waals surface area contributed by atoms with Crippen molar-refractivity contribution in [3.63, 3.8) is 0 Å². The Labute approximate surface area is 582 Å². The van der Waals surface area contributed by atoms with Gasteiger partial charge in [-0.05, 0) is 190 Å². The topological polar surface area (TPSA) is 14.8 Å². The molecule has 468 valence electrons. The molecular formula is C95H66BrN3. The molecule has 0 bridgehead atoms. The Morgan fingerprint density at radius 2 is 0.697 bits per heavy atom. The highest BCUT2D eigenvalue weighted by Crippen LogP contribution is 2.61. The van der Waals surface area contributed by atoms with Gasteiger partial charge in [0.1, 0.15) is 0 Å². The number of benzene rings is 16. The van der Waals surface area contributed by atoms with Gasteiger partial charge in [0.05, 0.1) is 33.1 Å². The lowest BCUT2D eigenvalue weighted by Crippen LogP contribution is -2.16. The molecule has 4 heteroatoms. The summed E-state index contributed by atoms with van der Waals surface area (Å²) >= 11 is 3.57. The van der Waals surface area contributed by atoms with Gasteiger partial charge in [0, 0.05) is 70.2 Å². The SMILES string of the molecule is Brc1ccc2c(c1)c1ccccc1n2-c1ccccc1.CC1(C)c2c(ccc3ccccc23)-c2c1c1ccccc1c1c3ccccc3n(-c3ccc4c(c3)c3ccccc3n4-c3ccccc3)c21.CC1(C)c2c(ccc3ccccc23)-c2c3c(c4ccccc4c21)-c1ccccc1C3. The van der Waals surface area contributed by atoms with Crippen molar-refractivity contribution in [2.24, 2.45) is 0 Å². The minimum Gasteiger partial charge on any atom is -0.309 e. The fourth-order valence-corrected chi connectivity index (χ4v) is 18.8. The van der Waals surface area contributed by atoms with Gasteiger partial charge in [-0.15, -0.1) is 0 Å². The highest BCUT2D eigenvalue weighted by molar-refractivity contribution is 9.10. The van der Waals surface area contributed by atoms with Crippen LogP contribution in [-0.2, 0) is 17.3 Å². The molecule has 0 saturated carbocycles. The number of aromatic nitrogens is 3. The average molecular weight is 1330 g/mol. The molecule has 3 nitrogen and oxygen atoms in total. The molecule has 0 N–H and O–H groups in total. The molecule has 0 saturated heterocycles. The van der Waals surface area contributed by atoms with E-state index in [0.717, 1.165) is 10.9 Å². The third-order valence-corrected chi connectivity index (χ3v) is 22.8. The van der Waals surface area contributed by atoms with Crippen LogP contribution < -0.4 is 0 Å². The summed E-state index contributed by atoms with van der Waals surface area (Å²) in [7, 11) is 0. The van der Waals surface area contributed by atoms with Crippen LogP contribution in [0.2, 0.25) is 0 Å². The van der Waals surface area contributed by atoms with Crippen molar-refractivity contribution >= 4 is 124 Å². The molecule has 22 rings (SSSR count). The van der Waals surface area contributed by atoms with E-state index in [1.165, 1.54) is 192 Å². The van der Waals surface area contributed by atoms with Crippen LogP contribution in [0.3, 0.4) is 0 Å². The van der Waals surface area contributed by atoms with Crippen molar-refractivity contribution in [3.05, 3.63) is 353 Å². The summed E-state index contributed by atoms with van der Waals surface area (Å²) in [5.41, 5.74) is 28.1. The predicted molar refractivity (Wildman–Crippen MR) is 423 cm³/mol. The number of hydrogen-bond acceptors (Lipinski definition) is 0. The van der Waals surface area contributed by atoms with E-state index in [-0.39, 0.29) is 10.8 Å². The zero-order chi connectivity index (χ0) is 66.0. The Morgan fingerprint density at radius 3 is 1.29 bits per heavy atom. The molecule has 3 aliphatic rings. The average Bonchev–Trinajstić information content (AvgIpc) is 1.53. The van der Waals surface area contributed by atoms with Crippen molar-refractivity contribution in [2.45, 2.75) is 44.9 Å². The summed E-state index contributed by atoms with van der Waals surface area (Å²) < 4.78 is 8.39. The summed E-state index contributed by atoms with van der Waals surface area (Å²) in [5.74, 6) is 0. The van der Waals surface area contributed by atoms with Gasteiger partial charge in [0.25, 0.3) is 0 Å². The summed E-state index contributed by atoms with van der Waals surface area (Å²) in [6, 6.07) is 115. The molecule has 0 fully saturated rings. The maximum Gasteiger partial charge on any atom is 0.0629 e. The Balaban J connectivity index is 0.000000112. The van der Waals surface area contributed by atoms with E-state index < -0.39 is 0 Å². The molecule has 0 aliphatic heterocycles. The third-order valence-electron chi connectivity index (χ3n) is 22.3. The number of fused-ring (bicyclic) bond motifs is 30. The summed E-state index contributed by atoms with van der Waals surface area (Å²) in [5, 5.41) is 18.5. The minimum atomic E-state index is -0.187. The maximum absolute atomic E-state index is 3.57. The lowest BCUT2D eigenvalue weighted by atomic mass is 9.77. The second-order valence-electron chi connectivity index (χ2n) is 28.3. The normalized spacial score (nSPS) is 13.6. The molecule has 3 aliphatic carbocycles. The van der Waals surface area contributed by atoms with E-state index in [2.05, 4.69) is 367 Å². The summed E-state index contributed by atoms with van der Waals surface area (Å²) in [6.45, 7) is 9.70. The molecular weight excluding hydrogens is 1260 g/mol. The first-order valence-corrected chi connectivity index (χ1v) is 35.4. The van der Waals surface area contributed by atoms with Crippen molar-refractivity contribution in [2.75, 3.05) is 0 Å². The van der Waals surface area contributed by atoms with Gasteiger partial charge in [0.15, 0.2) is 0 Å². The summed E-state index contributed by atoms with van der Waals surface area (Å²) in [4.78, 5) is 0. The molecule has 3 aromatic heterocycles. The molecule has 0 radical (unpaired) electrons. The lowest BCUT2D eigenvalue weighted by Gasteiger charge is -2.25. The zero-order valence-electron chi connectivity index (χ0n) is 55.4. The van der Waals surface area contributed by atoms with Crippen molar-refractivity contribution in [1.82, 2.24) is 13.7 Å². The third kappa shape index (κ3) is 8.30. The predicted octanol–water partition coefficient (Wildman–Crippen LogP) is 25.9. The first-order valence-electron chi connectivity index (χ1n) is 34.6. The van der Waals surface area contributed by atoms with E-state index in [9.17, 15) is 0 Å². The second kappa shape index (κ2) is 21.7. The maximum atomic E-state index is 3.57. The Kier molecular flexibility index (Phi) is 12.7. The van der Waals surface area contributed by atoms with E-state index in [4.69, 9.17) is 0 Å². The molecule has 0 amide bonds. The Bertz CT molecular complexity index is 6630. The molecule has 19 aromatic rings. The van der Waals surface area contributed by atoms with Gasteiger partial charge >= 0.3 is 0 Å². The largest absolute Gasteiger partial charge is 0.309 e. The number of rotatable bonds is 3. The minimum absolute atomic E-state index is 0.0328. The second-order valence-corrected chi connectivity index (χ2v) is 29.2. The van der Waals surface area contributed by atoms with Crippen LogP contribution in [0, 0.1) is 0 Å². The Hall–Kier alpha value is -11.6. The smallest absolute Gasteiger partial charge is 0.0629 e. The lowest BCUT2D eigenvalue weighted by molar-refractivity contribution is 0.672. The summed E-state index contributed by atoms with van der Waals surface area (Å²) in [6.07, 6.45) is 1.03. The van der Waals surface area contributed by atoms with Crippen LogP contribution in [-0.4, -0.2) is 13.7 Å². The van der Waals surface area contributed by atoms with Crippen LogP contribution in [0.1, 0.15) is 61.1 Å². The number of halogens is 1. The van der Waals surface area contributed by atoms with Crippen molar-refractivity contribution in [3.8, 4) is 50.4 Å². The monoisotopic (exact) mass is 1330 g/mol. The standard InChI is InChI=1S/C47H32N2.C30H22.C18H12BrN/c1-47(2)44-32-17-7-6-14-29(32)24-26-37(44)43-45(47)35-20-9-8-19-34(35)42-36-21-11-13-23-40(36)49(46(42)43)31-25-27-41-38(28-31)33-18-10-12-22-39(33)48(41)30-15-4-3-5-16-30;1-30(2)28-21-12-6-3-9-18(21)15-16-24(28)27-25-17-19-10-4-5-11-20(19)26(25)22-13-7-8-14-23(22)29(27)30;19-13-10-11-18-16(12-13)15-8-4-5-9-17(15)20(18)14-6-2-1-3-7-14/h3-28H,1-2H3;3-16H,17H2,1-2H3;1-12H. The molecule has 3 heterocycles. The van der Waals surface area contributed by atoms with E-state index in [0.29, 0.717) is 0 Å².